The van der Waals surface area contributed by atoms with Gasteiger partial charge in [-0.3, -0.25) is 9.59 Å². The van der Waals surface area contributed by atoms with Gasteiger partial charge in [-0.15, -0.1) is 0 Å². The molecule has 0 aliphatic carbocycles. The van der Waals surface area contributed by atoms with Gasteiger partial charge < -0.3 is 20.1 Å². The molecular weight excluding hydrogens is 392 g/mol. The van der Waals surface area contributed by atoms with Gasteiger partial charge >= 0.3 is 0 Å². The van der Waals surface area contributed by atoms with Crippen molar-refractivity contribution >= 4 is 11.8 Å². The number of hydrogen-bond donors (Lipinski definition) is 2. The fraction of sp³-hybridized carbons (Fsp3) is 0.200. The Morgan fingerprint density at radius 3 is 2.00 bits per heavy atom. The van der Waals surface area contributed by atoms with E-state index in [9.17, 15) is 9.59 Å². The van der Waals surface area contributed by atoms with Crippen molar-refractivity contribution in [1.29, 1.82) is 0 Å². The summed E-state index contributed by atoms with van der Waals surface area (Å²) in [5, 5.41) is 5.53. The molecule has 0 heterocycles. The lowest BCUT2D eigenvalue weighted by molar-refractivity contribution is -0.127. The summed E-state index contributed by atoms with van der Waals surface area (Å²) in [6.07, 6.45) is -0.653. The van der Waals surface area contributed by atoms with Crippen molar-refractivity contribution in [2.24, 2.45) is 0 Å². The van der Waals surface area contributed by atoms with Crippen molar-refractivity contribution in [3.63, 3.8) is 0 Å². The molecule has 31 heavy (non-hydrogen) atoms. The van der Waals surface area contributed by atoms with E-state index < -0.39 is 6.10 Å². The molecule has 1 unspecified atom stereocenters. The zero-order valence-electron chi connectivity index (χ0n) is 17.6. The zero-order chi connectivity index (χ0) is 22.1. The van der Waals surface area contributed by atoms with E-state index in [0.29, 0.717) is 30.2 Å². The Labute approximate surface area is 182 Å². The monoisotopic (exact) mass is 418 g/mol. The predicted molar refractivity (Wildman–Crippen MR) is 120 cm³/mol. The van der Waals surface area contributed by atoms with Crippen molar-refractivity contribution in [3.05, 3.63) is 84.4 Å². The number of carbonyl (C=O) groups is 2. The molecule has 3 rings (SSSR count). The van der Waals surface area contributed by atoms with E-state index in [2.05, 4.69) is 10.6 Å². The number of benzene rings is 3. The molecule has 6 heteroatoms. The van der Waals surface area contributed by atoms with Crippen LogP contribution < -0.4 is 20.1 Å². The summed E-state index contributed by atoms with van der Waals surface area (Å²) in [5.74, 6) is 0.855. The number of ether oxygens (including phenoxy) is 2. The second-order valence-electron chi connectivity index (χ2n) is 6.93. The van der Waals surface area contributed by atoms with Crippen LogP contribution in [0.25, 0.3) is 11.1 Å². The number of amides is 2. The fourth-order valence-electron chi connectivity index (χ4n) is 2.96. The smallest absolute Gasteiger partial charge is 0.260 e. The summed E-state index contributed by atoms with van der Waals surface area (Å²) in [4.78, 5) is 24.4. The number of nitrogens with one attached hydrogen (secondary N) is 2. The molecule has 0 aromatic heterocycles. The van der Waals surface area contributed by atoms with E-state index in [1.165, 1.54) is 0 Å². The molecule has 0 saturated heterocycles. The third-order valence-electron chi connectivity index (χ3n) is 4.71. The SMILES string of the molecule is COc1ccc(C(=O)NCCNC(=O)C(C)Oc2ccc(-c3ccccc3)cc2)cc1. The molecule has 3 aromatic carbocycles. The molecule has 3 aromatic rings. The van der Waals surface area contributed by atoms with Gasteiger partial charge in [-0.1, -0.05) is 42.5 Å². The fourth-order valence-corrected chi connectivity index (χ4v) is 2.96. The second kappa shape index (κ2) is 10.8. The van der Waals surface area contributed by atoms with Crippen LogP contribution in [0, 0.1) is 0 Å². The van der Waals surface area contributed by atoms with Gasteiger partial charge in [-0.05, 0) is 54.4 Å². The topological polar surface area (TPSA) is 76.7 Å². The first kappa shape index (κ1) is 21.9. The molecule has 0 spiro atoms. The molecule has 0 saturated carbocycles. The number of hydrogen-bond acceptors (Lipinski definition) is 4. The maximum absolute atomic E-state index is 12.3. The normalized spacial score (nSPS) is 11.3. The molecule has 0 radical (unpaired) electrons. The van der Waals surface area contributed by atoms with Crippen LogP contribution in [-0.4, -0.2) is 38.1 Å². The highest BCUT2D eigenvalue weighted by Gasteiger charge is 2.14. The molecule has 2 N–H and O–H groups in total. The molecule has 160 valence electrons. The minimum Gasteiger partial charge on any atom is -0.497 e. The summed E-state index contributed by atoms with van der Waals surface area (Å²) in [5.41, 5.74) is 2.73. The van der Waals surface area contributed by atoms with E-state index in [1.807, 2.05) is 54.6 Å². The van der Waals surface area contributed by atoms with Crippen molar-refractivity contribution in [2.45, 2.75) is 13.0 Å². The lowest BCUT2D eigenvalue weighted by atomic mass is 10.1. The predicted octanol–water partition coefficient (Wildman–Crippen LogP) is 3.68. The highest BCUT2D eigenvalue weighted by molar-refractivity contribution is 5.94. The standard InChI is InChI=1S/C25H26N2O4/c1-18(31-23-14-8-20(9-15-23)19-6-4-3-5-7-19)24(28)26-16-17-27-25(29)21-10-12-22(30-2)13-11-21/h3-15,18H,16-17H2,1-2H3,(H,26,28)(H,27,29). The summed E-state index contributed by atoms with van der Waals surface area (Å²) in [6.45, 7) is 2.31. The van der Waals surface area contributed by atoms with Crippen molar-refractivity contribution < 1.29 is 19.1 Å². The van der Waals surface area contributed by atoms with Gasteiger partial charge in [0.1, 0.15) is 11.5 Å². The number of methoxy groups -OCH3 is 1. The highest BCUT2D eigenvalue weighted by Crippen LogP contribution is 2.22. The van der Waals surface area contributed by atoms with Crippen LogP contribution in [0.2, 0.25) is 0 Å². The summed E-state index contributed by atoms with van der Waals surface area (Å²) in [7, 11) is 1.57. The minimum atomic E-state index is -0.653. The second-order valence-corrected chi connectivity index (χ2v) is 6.93. The molecule has 1 atom stereocenters. The average Bonchev–Trinajstić information content (AvgIpc) is 2.82. The number of carbonyl (C=O) groups excluding carboxylic acids is 2. The van der Waals surface area contributed by atoms with Crippen LogP contribution in [0.5, 0.6) is 11.5 Å². The van der Waals surface area contributed by atoms with Gasteiger partial charge in [0, 0.05) is 18.7 Å². The Balaban J connectivity index is 1.40. The quantitative estimate of drug-likeness (QED) is 0.520. The first-order chi connectivity index (χ1) is 15.1. The van der Waals surface area contributed by atoms with Crippen LogP contribution in [0.3, 0.4) is 0 Å². The maximum atomic E-state index is 12.3. The number of rotatable bonds is 9. The third kappa shape index (κ3) is 6.34. The Morgan fingerprint density at radius 2 is 1.35 bits per heavy atom. The molecular formula is C25H26N2O4. The van der Waals surface area contributed by atoms with E-state index in [-0.39, 0.29) is 11.8 Å². The largest absolute Gasteiger partial charge is 0.497 e. The van der Waals surface area contributed by atoms with Gasteiger partial charge in [0.05, 0.1) is 7.11 Å². The van der Waals surface area contributed by atoms with Crippen molar-refractivity contribution in [2.75, 3.05) is 20.2 Å². The van der Waals surface area contributed by atoms with E-state index in [1.54, 1.807) is 38.3 Å². The molecule has 0 aliphatic heterocycles. The average molecular weight is 418 g/mol. The lowest BCUT2D eigenvalue weighted by Crippen LogP contribution is -2.40. The highest BCUT2D eigenvalue weighted by atomic mass is 16.5. The zero-order valence-corrected chi connectivity index (χ0v) is 17.6. The van der Waals surface area contributed by atoms with E-state index in [0.717, 1.165) is 11.1 Å². The maximum Gasteiger partial charge on any atom is 0.260 e. The molecule has 0 aliphatic rings. The van der Waals surface area contributed by atoms with Gasteiger partial charge in [-0.25, -0.2) is 0 Å². The molecule has 0 bridgehead atoms. The first-order valence-electron chi connectivity index (χ1n) is 10.1. The summed E-state index contributed by atoms with van der Waals surface area (Å²) < 4.78 is 10.8. The van der Waals surface area contributed by atoms with Crippen LogP contribution in [0.15, 0.2) is 78.9 Å². The van der Waals surface area contributed by atoms with E-state index >= 15 is 0 Å². The van der Waals surface area contributed by atoms with Gasteiger partial charge in [0.15, 0.2) is 6.10 Å². The Morgan fingerprint density at radius 1 is 0.774 bits per heavy atom. The lowest BCUT2D eigenvalue weighted by Gasteiger charge is -2.15. The van der Waals surface area contributed by atoms with Crippen LogP contribution >= 0.6 is 0 Å². The molecule has 0 fully saturated rings. The van der Waals surface area contributed by atoms with Crippen molar-refractivity contribution in [1.82, 2.24) is 10.6 Å². The Kier molecular flexibility index (Phi) is 7.65. The van der Waals surface area contributed by atoms with Gasteiger partial charge in [-0.2, -0.15) is 0 Å². The van der Waals surface area contributed by atoms with Gasteiger partial charge in [0.25, 0.3) is 11.8 Å². The van der Waals surface area contributed by atoms with E-state index in [4.69, 9.17) is 9.47 Å². The first-order valence-corrected chi connectivity index (χ1v) is 10.1. The summed E-state index contributed by atoms with van der Waals surface area (Å²) >= 11 is 0. The summed E-state index contributed by atoms with van der Waals surface area (Å²) in [6, 6.07) is 24.5. The Bertz CT molecular complexity index is 986. The molecule has 6 nitrogen and oxygen atoms in total. The van der Waals surface area contributed by atoms with Crippen LogP contribution in [-0.2, 0) is 4.79 Å². The van der Waals surface area contributed by atoms with Crippen LogP contribution in [0.4, 0.5) is 0 Å². The minimum absolute atomic E-state index is 0.209. The van der Waals surface area contributed by atoms with Crippen molar-refractivity contribution in [3.8, 4) is 22.6 Å². The van der Waals surface area contributed by atoms with Gasteiger partial charge in [0.2, 0.25) is 0 Å². The molecule has 2 amide bonds. The van der Waals surface area contributed by atoms with Crippen LogP contribution in [0.1, 0.15) is 17.3 Å². The Hall–Kier alpha value is -3.80. The third-order valence-corrected chi connectivity index (χ3v) is 4.71.